The zero-order valence-electron chi connectivity index (χ0n) is 19.2. The normalized spacial score (nSPS) is 30.4. The molecule has 0 bridgehead atoms. The van der Waals surface area contributed by atoms with Gasteiger partial charge in [-0.25, -0.2) is 0 Å². The summed E-state index contributed by atoms with van der Waals surface area (Å²) in [6.45, 7) is 2.46. The van der Waals surface area contributed by atoms with Crippen LogP contribution in [-0.4, -0.2) is 47.8 Å². The molecule has 7 nitrogen and oxygen atoms in total. The van der Waals surface area contributed by atoms with Gasteiger partial charge in [0.05, 0.1) is 0 Å². The van der Waals surface area contributed by atoms with Crippen LogP contribution in [0.3, 0.4) is 0 Å². The van der Waals surface area contributed by atoms with Gasteiger partial charge < -0.3 is 15.5 Å². The third kappa shape index (κ3) is 3.65. The maximum atomic E-state index is 13.3. The second-order valence-electron chi connectivity index (χ2n) is 11.3. The van der Waals surface area contributed by atoms with E-state index in [0.29, 0.717) is 35.9 Å². The Morgan fingerprint density at radius 2 is 1.85 bits per heavy atom. The van der Waals surface area contributed by atoms with Gasteiger partial charge in [-0.1, -0.05) is 12.5 Å². The molecular formula is C26H34N4O3. The van der Waals surface area contributed by atoms with E-state index in [9.17, 15) is 14.4 Å². The summed E-state index contributed by atoms with van der Waals surface area (Å²) in [5, 5.41) is 2.40. The Labute approximate surface area is 195 Å². The highest BCUT2D eigenvalue weighted by molar-refractivity contribution is 6.06. The molecule has 1 unspecified atom stereocenters. The van der Waals surface area contributed by atoms with Gasteiger partial charge in [0.15, 0.2) is 0 Å². The van der Waals surface area contributed by atoms with Crippen molar-refractivity contribution in [2.45, 2.75) is 76.4 Å². The Morgan fingerprint density at radius 1 is 1.09 bits per heavy atom. The standard InChI is InChI=1S/C26H34N4O3/c27-18-9-16(10-18)13-29(14-17-11-26(12-17)7-2-8-26)21-4-1-3-19-20(21)15-30(25(19)33)22-5-6-23(31)28-24(22)32/h1,3-4,16-18,22H,2,5-15,27H2,(H,28,31,32). The van der Waals surface area contributed by atoms with Gasteiger partial charge in [-0.05, 0) is 74.3 Å². The van der Waals surface area contributed by atoms with Crippen LogP contribution in [0.2, 0.25) is 0 Å². The molecule has 176 valence electrons. The van der Waals surface area contributed by atoms with Crippen LogP contribution in [-0.2, 0) is 16.1 Å². The maximum Gasteiger partial charge on any atom is 0.255 e. The van der Waals surface area contributed by atoms with E-state index in [1.807, 2.05) is 12.1 Å². The van der Waals surface area contributed by atoms with Crippen molar-refractivity contribution in [2.24, 2.45) is 23.0 Å². The molecule has 2 aliphatic heterocycles. The van der Waals surface area contributed by atoms with E-state index in [4.69, 9.17) is 5.73 Å². The summed E-state index contributed by atoms with van der Waals surface area (Å²) in [5.74, 6) is 0.629. The van der Waals surface area contributed by atoms with E-state index >= 15 is 0 Å². The number of imide groups is 1. The van der Waals surface area contributed by atoms with E-state index in [-0.39, 0.29) is 24.1 Å². The lowest BCUT2D eigenvalue weighted by atomic mass is 9.52. The predicted octanol–water partition coefficient (Wildman–Crippen LogP) is 2.57. The highest BCUT2D eigenvalue weighted by Crippen LogP contribution is 2.59. The Hall–Kier alpha value is -2.41. The van der Waals surface area contributed by atoms with Crippen LogP contribution in [0, 0.1) is 17.3 Å². The summed E-state index contributed by atoms with van der Waals surface area (Å²) >= 11 is 0. The second kappa shape index (κ2) is 7.83. The van der Waals surface area contributed by atoms with Gasteiger partial charge >= 0.3 is 0 Å². The van der Waals surface area contributed by atoms with Crippen molar-refractivity contribution in [3.63, 3.8) is 0 Å². The fourth-order valence-corrected chi connectivity index (χ4v) is 7.08. The van der Waals surface area contributed by atoms with Crippen LogP contribution in [0.5, 0.6) is 0 Å². The van der Waals surface area contributed by atoms with Gasteiger partial charge in [0, 0.05) is 48.9 Å². The average molecular weight is 451 g/mol. The molecule has 1 aromatic rings. The zero-order valence-corrected chi connectivity index (χ0v) is 19.2. The Balaban J connectivity index is 1.24. The second-order valence-corrected chi connectivity index (χ2v) is 11.3. The summed E-state index contributed by atoms with van der Waals surface area (Å²) in [5.41, 5.74) is 9.61. The van der Waals surface area contributed by atoms with Crippen molar-refractivity contribution >= 4 is 23.4 Å². The average Bonchev–Trinajstić information content (AvgIpc) is 3.03. The van der Waals surface area contributed by atoms with Gasteiger partial charge in [-0.3, -0.25) is 19.7 Å². The minimum atomic E-state index is -0.571. The first-order valence-corrected chi connectivity index (χ1v) is 12.7. The number of nitrogens with zero attached hydrogens (tertiary/aromatic N) is 2. The number of hydrogen-bond acceptors (Lipinski definition) is 5. The quantitative estimate of drug-likeness (QED) is 0.650. The van der Waals surface area contributed by atoms with Crippen molar-refractivity contribution in [1.82, 2.24) is 10.2 Å². The number of fused-ring (bicyclic) bond motifs is 1. The highest BCUT2D eigenvalue weighted by atomic mass is 16.2. The number of anilines is 1. The van der Waals surface area contributed by atoms with E-state index < -0.39 is 6.04 Å². The minimum Gasteiger partial charge on any atom is -0.371 e. The number of amides is 3. The number of piperidine rings is 1. The molecule has 1 spiro atoms. The van der Waals surface area contributed by atoms with Crippen molar-refractivity contribution in [1.29, 1.82) is 0 Å². The summed E-state index contributed by atoms with van der Waals surface area (Å²) in [4.78, 5) is 41.5. The maximum absolute atomic E-state index is 13.3. The van der Waals surface area contributed by atoms with Crippen LogP contribution in [0.1, 0.15) is 73.7 Å². The molecule has 2 heterocycles. The van der Waals surface area contributed by atoms with Crippen LogP contribution in [0.25, 0.3) is 0 Å². The molecule has 3 amide bonds. The van der Waals surface area contributed by atoms with Gasteiger partial charge in [0.2, 0.25) is 11.8 Å². The third-order valence-electron chi connectivity index (χ3n) is 8.98. The lowest BCUT2D eigenvalue weighted by molar-refractivity contribution is -0.136. The molecule has 1 saturated heterocycles. The molecule has 6 rings (SSSR count). The van der Waals surface area contributed by atoms with Crippen molar-refractivity contribution in [3.8, 4) is 0 Å². The number of benzene rings is 1. The van der Waals surface area contributed by atoms with Gasteiger partial charge in [0.25, 0.3) is 5.91 Å². The highest BCUT2D eigenvalue weighted by Gasteiger charge is 2.48. The summed E-state index contributed by atoms with van der Waals surface area (Å²) in [7, 11) is 0. The number of carbonyl (C=O) groups excluding carboxylic acids is 3. The summed E-state index contributed by atoms with van der Waals surface area (Å²) in [6, 6.07) is 5.77. The molecule has 3 saturated carbocycles. The van der Waals surface area contributed by atoms with Crippen LogP contribution >= 0.6 is 0 Å². The third-order valence-corrected chi connectivity index (χ3v) is 8.98. The first kappa shape index (κ1) is 21.1. The zero-order chi connectivity index (χ0) is 22.7. The molecule has 0 radical (unpaired) electrons. The SMILES string of the molecule is NC1CC(CN(CC2CC3(CCC3)C2)c2cccc3c2CN(C2CCC(=O)NC2=O)C3=O)C1. The fraction of sp³-hybridized carbons (Fsp3) is 0.654. The molecule has 0 aromatic heterocycles. The van der Waals surface area contributed by atoms with Gasteiger partial charge in [-0.2, -0.15) is 0 Å². The number of nitrogens with one attached hydrogen (secondary N) is 1. The van der Waals surface area contributed by atoms with E-state index in [2.05, 4.69) is 16.3 Å². The molecular weight excluding hydrogens is 416 g/mol. The number of nitrogens with two attached hydrogens (primary N) is 1. The van der Waals surface area contributed by atoms with Crippen LogP contribution < -0.4 is 16.0 Å². The predicted molar refractivity (Wildman–Crippen MR) is 124 cm³/mol. The lowest BCUT2D eigenvalue weighted by Crippen LogP contribution is -2.52. The summed E-state index contributed by atoms with van der Waals surface area (Å²) < 4.78 is 0. The van der Waals surface area contributed by atoms with E-state index in [1.165, 1.54) is 32.1 Å². The number of carbonyl (C=O) groups is 3. The molecule has 3 N–H and O–H groups in total. The molecule has 4 fully saturated rings. The van der Waals surface area contributed by atoms with Crippen LogP contribution in [0.4, 0.5) is 5.69 Å². The molecule has 1 atom stereocenters. The molecule has 7 heteroatoms. The summed E-state index contributed by atoms with van der Waals surface area (Å²) in [6.07, 6.45) is 9.68. The van der Waals surface area contributed by atoms with E-state index in [1.54, 1.807) is 4.90 Å². The topological polar surface area (TPSA) is 95.7 Å². The largest absolute Gasteiger partial charge is 0.371 e. The smallest absolute Gasteiger partial charge is 0.255 e. The molecule has 1 aromatic carbocycles. The number of hydrogen-bond donors (Lipinski definition) is 2. The van der Waals surface area contributed by atoms with E-state index in [0.717, 1.165) is 43.1 Å². The first-order valence-electron chi connectivity index (χ1n) is 12.7. The van der Waals surface area contributed by atoms with Gasteiger partial charge in [-0.15, -0.1) is 0 Å². The molecule has 33 heavy (non-hydrogen) atoms. The Kier molecular flexibility index (Phi) is 5.02. The van der Waals surface area contributed by atoms with Crippen molar-refractivity contribution in [3.05, 3.63) is 29.3 Å². The molecule has 3 aliphatic carbocycles. The minimum absolute atomic E-state index is 0.0935. The fourth-order valence-electron chi connectivity index (χ4n) is 7.08. The van der Waals surface area contributed by atoms with Gasteiger partial charge in [0.1, 0.15) is 6.04 Å². The monoisotopic (exact) mass is 450 g/mol. The van der Waals surface area contributed by atoms with Crippen LogP contribution in [0.15, 0.2) is 18.2 Å². The lowest BCUT2D eigenvalue weighted by Gasteiger charge is -2.55. The number of rotatable bonds is 6. The van der Waals surface area contributed by atoms with Crippen molar-refractivity contribution < 1.29 is 14.4 Å². The first-order chi connectivity index (χ1) is 15.9. The Bertz CT molecular complexity index is 989. The Morgan fingerprint density at radius 3 is 2.52 bits per heavy atom. The van der Waals surface area contributed by atoms with Crippen molar-refractivity contribution in [2.75, 3.05) is 18.0 Å². The molecule has 5 aliphatic rings.